The number of likely N-dealkylation sites (tertiary alicyclic amines) is 1. The lowest BCUT2D eigenvalue weighted by atomic mass is 10.2. The van der Waals surface area contributed by atoms with Gasteiger partial charge in [-0.15, -0.1) is 0 Å². The maximum absolute atomic E-state index is 11.9. The van der Waals surface area contributed by atoms with Gasteiger partial charge >= 0.3 is 0 Å². The predicted molar refractivity (Wildman–Crippen MR) is 52.6 cm³/mol. The molecule has 3 N–H and O–H groups in total. The fraction of sp³-hybridized carbons (Fsp3) is 0.900. The van der Waals surface area contributed by atoms with Crippen molar-refractivity contribution in [2.45, 2.75) is 43.7 Å². The van der Waals surface area contributed by atoms with Gasteiger partial charge in [0.05, 0.1) is 11.6 Å². The van der Waals surface area contributed by atoms with E-state index in [4.69, 9.17) is 5.73 Å². The fourth-order valence-corrected chi connectivity index (χ4v) is 1.95. The Kier molecular flexibility index (Phi) is 2.49. The molecule has 0 aromatic carbocycles. The number of aliphatic hydroxyl groups is 1. The summed E-state index contributed by atoms with van der Waals surface area (Å²) in [6.07, 6.45) is 3.81. The van der Waals surface area contributed by atoms with Crippen LogP contribution in [0.4, 0.5) is 0 Å². The first kappa shape index (κ1) is 9.93. The van der Waals surface area contributed by atoms with E-state index in [1.165, 1.54) is 0 Å². The maximum atomic E-state index is 11.9. The lowest BCUT2D eigenvalue weighted by Crippen LogP contribution is -2.46. The molecule has 0 radical (unpaired) electrons. The van der Waals surface area contributed by atoms with Gasteiger partial charge in [0.15, 0.2) is 0 Å². The Balaban J connectivity index is 1.93. The van der Waals surface area contributed by atoms with Crippen molar-refractivity contribution in [3.05, 3.63) is 0 Å². The Bertz CT molecular complexity index is 238. The minimum atomic E-state index is -0.546. The van der Waals surface area contributed by atoms with Crippen LogP contribution in [0.1, 0.15) is 32.1 Å². The fourth-order valence-electron chi connectivity index (χ4n) is 1.95. The zero-order valence-corrected chi connectivity index (χ0v) is 8.41. The molecule has 4 heteroatoms. The monoisotopic (exact) mass is 198 g/mol. The van der Waals surface area contributed by atoms with E-state index in [1.807, 2.05) is 4.90 Å². The van der Waals surface area contributed by atoms with Gasteiger partial charge in [0.1, 0.15) is 0 Å². The van der Waals surface area contributed by atoms with E-state index in [0.29, 0.717) is 13.0 Å². The summed E-state index contributed by atoms with van der Waals surface area (Å²) < 4.78 is 0. The number of hydrogen-bond donors (Lipinski definition) is 2. The van der Waals surface area contributed by atoms with Crippen molar-refractivity contribution < 1.29 is 9.90 Å². The molecule has 2 aliphatic rings. The summed E-state index contributed by atoms with van der Waals surface area (Å²) in [6.45, 7) is 1.42. The number of amides is 1. The van der Waals surface area contributed by atoms with Crippen molar-refractivity contribution in [3.63, 3.8) is 0 Å². The van der Waals surface area contributed by atoms with Crippen molar-refractivity contribution >= 4 is 5.91 Å². The molecule has 1 amide bonds. The van der Waals surface area contributed by atoms with Gasteiger partial charge in [0, 0.05) is 13.1 Å². The minimum absolute atomic E-state index is 0.0894. The molecule has 1 aliphatic heterocycles. The molecular formula is C10H18N2O2. The van der Waals surface area contributed by atoms with Crippen LogP contribution in [-0.4, -0.2) is 40.6 Å². The first-order chi connectivity index (χ1) is 6.62. The number of rotatable bonds is 1. The first-order valence-corrected chi connectivity index (χ1v) is 5.38. The number of carbonyl (C=O) groups excluding carboxylic acids is 1. The lowest BCUT2D eigenvalue weighted by molar-refractivity contribution is -0.133. The SMILES string of the molecule is NC1(C(=O)N2CCCC(O)CC2)CC1. The van der Waals surface area contributed by atoms with Gasteiger partial charge in [-0.2, -0.15) is 0 Å². The van der Waals surface area contributed by atoms with Gasteiger partial charge < -0.3 is 15.7 Å². The molecule has 80 valence electrons. The molecule has 0 aromatic rings. The number of hydrogen-bond acceptors (Lipinski definition) is 3. The summed E-state index contributed by atoms with van der Waals surface area (Å²) in [4.78, 5) is 13.7. The van der Waals surface area contributed by atoms with Crippen LogP contribution in [0.25, 0.3) is 0 Å². The molecule has 1 heterocycles. The summed E-state index contributed by atoms with van der Waals surface area (Å²) >= 11 is 0. The Hall–Kier alpha value is -0.610. The highest BCUT2D eigenvalue weighted by Crippen LogP contribution is 2.34. The molecule has 1 unspecified atom stereocenters. The highest BCUT2D eigenvalue weighted by Gasteiger charge is 2.48. The second-order valence-corrected chi connectivity index (χ2v) is 4.53. The number of carbonyl (C=O) groups is 1. The average Bonchev–Trinajstić information content (AvgIpc) is 2.91. The molecule has 1 aliphatic carbocycles. The first-order valence-electron chi connectivity index (χ1n) is 5.38. The quantitative estimate of drug-likeness (QED) is 0.616. The Morgan fingerprint density at radius 2 is 2.07 bits per heavy atom. The highest BCUT2D eigenvalue weighted by molar-refractivity contribution is 5.89. The Morgan fingerprint density at radius 3 is 2.71 bits per heavy atom. The zero-order chi connectivity index (χ0) is 10.2. The van der Waals surface area contributed by atoms with Crippen molar-refractivity contribution in [2.24, 2.45) is 5.73 Å². The van der Waals surface area contributed by atoms with Crippen molar-refractivity contribution in [3.8, 4) is 0 Å². The molecule has 2 fully saturated rings. The van der Waals surface area contributed by atoms with Crippen LogP contribution in [0.5, 0.6) is 0 Å². The molecular weight excluding hydrogens is 180 g/mol. The number of nitrogens with two attached hydrogens (primary N) is 1. The summed E-state index contributed by atoms with van der Waals surface area (Å²) in [5.41, 5.74) is 5.31. The van der Waals surface area contributed by atoms with Crippen LogP contribution in [0.15, 0.2) is 0 Å². The summed E-state index contributed by atoms with van der Waals surface area (Å²) in [7, 11) is 0. The van der Waals surface area contributed by atoms with E-state index in [9.17, 15) is 9.90 Å². The third-order valence-electron chi connectivity index (χ3n) is 3.20. The van der Waals surface area contributed by atoms with Crippen LogP contribution in [0.2, 0.25) is 0 Å². The third-order valence-corrected chi connectivity index (χ3v) is 3.20. The Morgan fingerprint density at radius 1 is 1.36 bits per heavy atom. The topological polar surface area (TPSA) is 66.6 Å². The van der Waals surface area contributed by atoms with Crippen molar-refractivity contribution in [1.29, 1.82) is 0 Å². The standard InChI is InChI=1S/C10H18N2O2/c11-10(4-5-10)9(14)12-6-1-2-8(13)3-7-12/h8,13H,1-7,11H2. The summed E-state index contributed by atoms with van der Waals surface area (Å²) in [5, 5.41) is 9.44. The maximum Gasteiger partial charge on any atom is 0.242 e. The normalized spacial score (nSPS) is 31.0. The van der Waals surface area contributed by atoms with Crippen LogP contribution >= 0.6 is 0 Å². The van der Waals surface area contributed by atoms with Crippen LogP contribution in [0.3, 0.4) is 0 Å². The van der Waals surface area contributed by atoms with E-state index in [1.54, 1.807) is 0 Å². The average molecular weight is 198 g/mol. The molecule has 1 atom stereocenters. The molecule has 1 saturated heterocycles. The van der Waals surface area contributed by atoms with Gasteiger partial charge in [0.25, 0.3) is 0 Å². The number of nitrogens with zero attached hydrogens (tertiary/aromatic N) is 1. The molecule has 0 aromatic heterocycles. The third kappa shape index (κ3) is 1.91. The predicted octanol–water partition coefficient (Wildman–Crippen LogP) is -0.149. The lowest BCUT2D eigenvalue weighted by Gasteiger charge is -2.23. The van der Waals surface area contributed by atoms with Gasteiger partial charge in [-0.05, 0) is 32.1 Å². The summed E-state index contributed by atoms with van der Waals surface area (Å²) in [6, 6.07) is 0. The smallest absolute Gasteiger partial charge is 0.242 e. The van der Waals surface area contributed by atoms with Gasteiger partial charge in [-0.1, -0.05) is 0 Å². The van der Waals surface area contributed by atoms with E-state index in [2.05, 4.69) is 0 Å². The van der Waals surface area contributed by atoms with E-state index in [0.717, 1.165) is 32.2 Å². The number of aliphatic hydroxyl groups excluding tert-OH is 1. The van der Waals surface area contributed by atoms with Gasteiger partial charge in [-0.25, -0.2) is 0 Å². The molecule has 4 nitrogen and oxygen atoms in total. The van der Waals surface area contributed by atoms with E-state index < -0.39 is 5.54 Å². The molecule has 0 spiro atoms. The van der Waals surface area contributed by atoms with Crippen LogP contribution < -0.4 is 5.73 Å². The van der Waals surface area contributed by atoms with Crippen molar-refractivity contribution in [1.82, 2.24) is 4.90 Å². The second kappa shape index (κ2) is 3.51. The largest absolute Gasteiger partial charge is 0.393 e. The van der Waals surface area contributed by atoms with E-state index in [-0.39, 0.29) is 12.0 Å². The zero-order valence-electron chi connectivity index (χ0n) is 8.41. The molecule has 0 bridgehead atoms. The van der Waals surface area contributed by atoms with Gasteiger partial charge in [-0.3, -0.25) is 4.79 Å². The Labute approximate surface area is 84.1 Å². The van der Waals surface area contributed by atoms with Gasteiger partial charge in [0.2, 0.25) is 5.91 Å². The summed E-state index contributed by atoms with van der Waals surface area (Å²) in [5.74, 6) is 0.0894. The molecule has 14 heavy (non-hydrogen) atoms. The van der Waals surface area contributed by atoms with Crippen molar-refractivity contribution in [2.75, 3.05) is 13.1 Å². The van der Waals surface area contributed by atoms with Crippen LogP contribution in [-0.2, 0) is 4.79 Å². The van der Waals surface area contributed by atoms with Crippen LogP contribution in [0, 0.1) is 0 Å². The second-order valence-electron chi connectivity index (χ2n) is 4.53. The molecule has 2 rings (SSSR count). The highest BCUT2D eigenvalue weighted by atomic mass is 16.3. The molecule has 1 saturated carbocycles. The van der Waals surface area contributed by atoms with E-state index >= 15 is 0 Å². The minimum Gasteiger partial charge on any atom is -0.393 e.